The molecule has 6 heteroatoms. The summed E-state index contributed by atoms with van der Waals surface area (Å²) >= 11 is 0. The number of aryl methyl sites for hydroxylation is 1. The molecular formula is C19H19N3O3. The lowest BCUT2D eigenvalue weighted by Crippen LogP contribution is -2.29. The summed E-state index contributed by atoms with van der Waals surface area (Å²) in [6, 6.07) is 15.0. The van der Waals surface area contributed by atoms with Crippen molar-refractivity contribution in [1.29, 1.82) is 0 Å². The van der Waals surface area contributed by atoms with E-state index in [4.69, 9.17) is 9.15 Å². The van der Waals surface area contributed by atoms with Gasteiger partial charge in [0.2, 0.25) is 11.8 Å². The molecule has 0 fully saturated rings. The molecule has 0 atom stereocenters. The van der Waals surface area contributed by atoms with Gasteiger partial charge >= 0.3 is 0 Å². The van der Waals surface area contributed by atoms with E-state index in [1.807, 2.05) is 37.3 Å². The van der Waals surface area contributed by atoms with E-state index < -0.39 is 0 Å². The van der Waals surface area contributed by atoms with Crippen LogP contribution in [0, 0.1) is 6.92 Å². The van der Waals surface area contributed by atoms with E-state index in [9.17, 15) is 4.79 Å². The average Bonchev–Trinajstić information content (AvgIpc) is 3.16. The predicted molar refractivity (Wildman–Crippen MR) is 93.1 cm³/mol. The average molecular weight is 337 g/mol. The van der Waals surface area contributed by atoms with E-state index in [1.54, 1.807) is 24.5 Å². The van der Waals surface area contributed by atoms with E-state index in [0.717, 1.165) is 11.1 Å². The Morgan fingerprint density at radius 2 is 2.00 bits per heavy atom. The molecule has 1 aromatic carbocycles. The topological polar surface area (TPSA) is 77.2 Å². The third kappa shape index (κ3) is 4.67. The monoisotopic (exact) mass is 337 g/mol. The number of nitrogens with one attached hydrogen (secondary N) is 1. The van der Waals surface area contributed by atoms with Crippen LogP contribution in [0.25, 0.3) is 11.5 Å². The molecule has 2 aromatic heterocycles. The lowest BCUT2D eigenvalue weighted by Gasteiger charge is -2.08. The highest BCUT2D eigenvalue weighted by Crippen LogP contribution is 2.17. The van der Waals surface area contributed by atoms with Crippen LogP contribution >= 0.6 is 0 Å². The maximum absolute atomic E-state index is 11.9. The lowest BCUT2D eigenvalue weighted by molar-refractivity contribution is -0.120. The molecule has 0 aliphatic carbocycles. The van der Waals surface area contributed by atoms with Gasteiger partial charge in [0.1, 0.15) is 12.3 Å². The van der Waals surface area contributed by atoms with E-state index >= 15 is 0 Å². The molecule has 128 valence electrons. The molecule has 6 nitrogen and oxygen atoms in total. The van der Waals surface area contributed by atoms with Gasteiger partial charge in [-0.25, -0.2) is 0 Å². The largest absolute Gasteiger partial charge is 0.475 e. The van der Waals surface area contributed by atoms with E-state index in [2.05, 4.69) is 15.5 Å². The molecule has 0 spiro atoms. The molecule has 0 aliphatic heterocycles. The van der Waals surface area contributed by atoms with Crippen molar-refractivity contribution in [3.63, 3.8) is 0 Å². The minimum atomic E-state index is -0.0304. The number of amides is 1. The zero-order chi connectivity index (χ0) is 17.5. The smallest absolute Gasteiger partial charge is 0.233 e. The maximum Gasteiger partial charge on any atom is 0.233 e. The highest BCUT2D eigenvalue weighted by Gasteiger charge is 2.06. The predicted octanol–water partition coefficient (Wildman–Crippen LogP) is 2.78. The molecule has 0 unspecified atom stereocenters. The molecule has 3 aromatic rings. The van der Waals surface area contributed by atoms with Gasteiger partial charge in [-0.2, -0.15) is 0 Å². The van der Waals surface area contributed by atoms with Crippen molar-refractivity contribution < 1.29 is 13.9 Å². The van der Waals surface area contributed by atoms with Crippen molar-refractivity contribution in [1.82, 2.24) is 15.5 Å². The normalized spacial score (nSPS) is 10.4. The molecule has 0 aliphatic rings. The second kappa shape index (κ2) is 8.10. The third-order valence-corrected chi connectivity index (χ3v) is 3.70. The number of hydrogen-bond donors (Lipinski definition) is 1. The zero-order valence-corrected chi connectivity index (χ0v) is 13.9. The highest BCUT2D eigenvalue weighted by molar-refractivity contribution is 5.78. The molecule has 3 rings (SSSR count). The van der Waals surface area contributed by atoms with Crippen LogP contribution in [0.5, 0.6) is 5.88 Å². The van der Waals surface area contributed by atoms with E-state index in [1.165, 1.54) is 0 Å². The quantitative estimate of drug-likeness (QED) is 0.671. The first-order valence-corrected chi connectivity index (χ1v) is 8.04. The Kier molecular flexibility index (Phi) is 5.41. The van der Waals surface area contributed by atoms with Crippen molar-refractivity contribution in [2.24, 2.45) is 0 Å². The third-order valence-electron chi connectivity index (χ3n) is 3.70. The van der Waals surface area contributed by atoms with Crippen LogP contribution < -0.4 is 10.1 Å². The number of carbonyl (C=O) groups is 1. The van der Waals surface area contributed by atoms with Gasteiger partial charge in [0.05, 0.1) is 19.2 Å². The molecule has 0 saturated carbocycles. The van der Waals surface area contributed by atoms with Gasteiger partial charge < -0.3 is 14.5 Å². The summed E-state index contributed by atoms with van der Waals surface area (Å²) in [6.07, 6.45) is 1.95. The highest BCUT2D eigenvalue weighted by atomic mass is 16.5. The van der Waals surface area contributed by atoms with Crippen molar-refractivity contribution in [3.05, 3.63) is 65.9 Å². The fraction of sp³-hybridized carbons (Fsp3) is 0.211. The standard InChI is InChI=1S/C19H19N3O3/c1-14-5-2-3-6-15(14)13-18(23)20-10-12-25-19-9-8-16(21-22-19)17-7-4-11-24-17/h2-9,11H,10,12-13H2,1H3,(H,20,23). The molecule has 2 heterocycles. The van der Waals surface area contributed by atoms with E-state index in [-0.39, 0.29) is 5.91 Å². The van der Waals surface area contributed by atoms with Crippen LogP contribution in [0.2, 0.25) is 0 Å². The summed E-state index contributed by atoms with van der Waals surface area (Å²) in [5.41, 5.74) is 2.78. The molecular weight excluding hydrogens is 318 g/mol. The van der Waals surface area contributed by atoms with Crippen molar-refractivity contribution in [2.45, 2.75) is 13.3 Å². The van der Waals surface area contributed by atoms with Gasteiger partial charge in [-0.3, -0.25) is 4.79 Å². The van der Waals surface area contributed by atoms with Crippen LogP contribution in [0.15, 0.2) is 59.2 Å². The fourth-order valence-corrected chi connectivity index (χ4v) is 2.34. The second-order valence-electron chi connectivity index (χ2n) is 5.54. The Labute approximate surface area is 145 Å². The number of aromatic nitrogens is 2. The minimum Gasteiger partial charge on any atom is -0.475 e. The van der Waals surface area contributed by atoms with Gasteiger partial charge in [0.25, 0.3) is 0 Å². The summed E-state index contributed by atoms with van der Waals surface area (Å²) in [7, 11) is 0. The second-order valence-corrected chi connectivity index (χ2v) is 5.54. The number of benzene rings is 1. The molecule has 1 N–H and O–H groups in total. The van der Waals surface area contributed by atoms with Crippen LogP contribution in [0.4, 0.5) is 0 Å². The number of rotatable bonds is 7. The van der Waals surface area contributed by atoms with E-state index in [0.29, 0.717) is 36.9 Å². The minimum absolute atomic E-state index is 0.0304. The number of carbonyl (C=O) groups excluding carboxylic acids is 1. The van der Waals surface area contributed by atoms with Crippen LogP contribution in [-0.2, 0) is 11.2 Å². The molecule has 0 radical (unpaired) electrons. The summed E-state index contributed by atoms with van der Waals surface area (Å²) in [6.45, 7) is 2.73. The Morgan fingerprint density at radius 3 is 2.72 bits per heavy atom. The molecule has 1 amide bonds. The molecule has 0 bridgehead atoms. The van der Waals surface area contributed by atoms with Crippen molar-refractivity contribution in [2.75, 3.05) is 13.2 Å². The first-order valence-electron chi connectivity index (χ1n) is 8.04. The van der Waals surface area contributed by atoms with Crippen LogP contribution in [-0.4, -0.2) is 29.3 Å². The van der Waals surface area contributed by atoms with Crippen molar-refractivity contribution >= 4 is 5.91 Å². The first kappa shape index (κ1) is 16.7. The number of nitrogens with zero attached hydrogens (tertiary/aromatic N) is 2. The SMILES string of the molecule is Cc1ccccc1CC(=O)NCCOc1ccc(-c2ccco2)nn1. The van der Waals surface area contributed by atoms with Gasteiger partial charge in [-0.15, -0.1) is 10.2 Å². The van der Waals surface area contributed by atoms with Gasteiger partial charge in [-0.05, 0) is 36.2 Å². The number of furan rings is 1. The Morgan fingerprint density at radius 1 is 1.12 bits per heavy atom. The maximum atomic E-state index is 11.9. The van der Waals surface area contributed by atoms with Gasteiger partial charge in [0.15, 0.2) is 5.76 Å². The van der Waals surface area contributed by atoms with Gasteiger partial charge in [0, 0.05) is 6.07 Å². The Bertz CT molecular complexity index is 814. The number of hydrogen-bond acceptors (Lipinski definition) is 5. The van der Waals surface area contributed by atoms with Crippen LogP contribution in [0.3, 0.4) is 0 Å². The summed E-state index contributed by atoms with van der Waals surface area (Å²) in [5.74, 6) is 1.03. The van der Waals surface area contributed by atoms with Crippen LogP contribution in [0.1, 0.15) is 11.1 Å². The Balaban J connectivity index is 1.41. The fourth-order valence-electron chi connectivity index (χ4n) is 2.34. The van der Waals surface area contributed by atoms with Gasteiger partial charge in [-0.1, -0.05) is 24.3 Å². The number of ether oxygens (including phenoxy) is 1. The summed E-state index contributed by atoms with van der Waals surface area (Å²) in [4.78, 5) is 11.9. The summed E-state index contributed by atoms with van der Waals surface area (Å²) < 4.78 is 10.7. The first-order chi connectivity index (χ1) is 12.2. The zero-order valence-electron chi connectivity index (χ0n) is 13.9. The lowest BCUT2D eigenvalue weighted by atomic mass is 10.1. The van der Waals surface area contributed by atoms with Crippen molar-refractivity contribution in [3.8, 4) is 17.3 Å². The Hall–Kier alpha value is -3.15. The molecule has 25 heavy (non-hydrogen) atoms. The molecule has 0 saturated heterocycles. The summed E-state index contributed by atoms with van der Waals surface area (Å²) in [5, 5.41) is 10.9.